The highest BCUT2D eigenvalue weighted by atomic mass is 79.9. The fourth-order valence-corrected chi connectivity index (χ4v) is 2.31. The molecule has 0 saturated carbocycles. The van der Waals surface area contributed by atoms with Crippen LogP contribution in [0.4, 0.5) is 0 Å². The van der Waals surface area contributed by atoms with Gasteiger partial charge in [-0.3, -0.25) is 0 Å². The lowest BCUT2D eigenvalue weighted by molar-refractivity contribution is -0.00000174. The first kappa shape index (κ1) is 11.7. The summed E-state index contributed by atoms with van der Waals surface area (Å²) < 4.78 is 0. The van der Waals surface area contributed by atoms with Gasteiger partial charge >= 0.3 is 0 Å². The minimum Gasteiger partial charge on any atom is -1.00 e. The summed E-state index contributed by atoms with van der Waals surface area (Å²) >= 11 is 0. The van der Waals surface area contributed by atoms with Crippen LogP contribution >= 0.6 is 8.58 Å². The van der Waals surface area contributed by atoms with E-state index in [2.05, 4.69) is 27.7 Å². The van der Waals surface area contributed by atoms with Crippen molar-refractivity contribution in [3.63, 3.8) is 0 Å². The second kappa shape index (κ2) is 6.04. The van der Waals surface area contributed by atoms with E-state index < -0.39 is 0 Å². The maximum absolute atomic E-state index is 2.30. The van der Waals surface area contributed by atoms with E-state index in [1.54, 1.807) is 0 Å². The van der Waals surface area contributed by atoms with Gasteiger partial charge in [-0.2, -0.15) is 0 Å². The molecule has 0 amide bonds. The minimum absolute atomic E-state index is 0. The number of hydrogen-bond donors (Lipinski definition) is 0. The third-order valence-electron chi connectivity index (χ3n) is 0.770. The smallest absolute Gasteiger partial charge is 0.0599 e. The maximum Gasteiger partial charge on any atom is 0.0599 e. The molecule has 0 radical (unpaired) electrons. The molecule has 0 rings (SSSR count). The molecule has 0 N–H and O–H groups in total. The molecule has 0 nitrogen and oxygen atoms in total. The third-order valence-corrected chi connectivity index (χ3v) is 2.31. The van der Waals surface area contributed by atoms with E-state index in [0.717, 1.165) is 11.3 Å². The van der Waals surface area contributed by atoms with Crippen molar-refractivity contribution < 1.29 is 17.0 Å². The summed E-state index contributed by atoms with van der Waals surface area (Å²) in [4.78, 5) is 0. The highest BCUT2D eigenvalue weighted by Crippen LogP contribution is 2.23. The summed E-state index contributed by atoms with van der Waals surface area (Å²) in [5, 5.41) is 0. The van der Waals surface area contributed by atoms with Crippen LogP contribution < -0.4 is 17.0 Å². The van der Waals surface area contributed by atoms with Crippen molar-refractivity contribution in [3.8, 4) is 0 Å². The van der Waals surface area contributed by atoms with Crippen molar-refractivity contribution in [2.45, 2.75) is 39.0 Å². The van der Waals surface area contributed by atoms with Crippen molar-refractivity contribution in [1.82, 2.24) is 0 Å². The van der Waals surface area contributed by atoms with Gasteiger partial charge in [0.25, 0.3) is 0 Å². The Morgan fingerprint density at radius 3 is 1.12 bits per heavy atom. The number of hydrogen-bond acceptors (Lipinski definition) is 0. The SMILES string of the molecule is CC(C)[PH2+]C(C)C.[Br-]. The predicted octanol–water partition coefficient (Wildman–Crippen LogP) is -0.782. The summed E-state index contributed by atoms with van der Waals surface area (Å²) in [5.41, 5.74) is 1.92. The fourth-order valence-electron chi connectivity index (χ4n) is 0.770. The molecule has 52 valence electrons. The zero-order valence-corrected chi connectivity index (χ0v) is 8.85. The molecule has 0 fully saturated rings. The lowest BCUT2D eigenvalue weighted by Gasteiger charge is -1.98. The van der Waals surface area contributed by atoms with Crippen LogP contribution in [0.3, 0.4) is 0 Å². The summed E-state index contributed by atoms with van der Waals surface area (Å²) in [6.07, 6.45) is 0. The monoisotopic (exact) mass is 198 g/mol. The molecule has 2 heteroatoms. The lowest BCUT2D eigenvalue weighted by Crippen LogP contribution is -3.00. The van der Waals surface area contributed by atoms with Gasteiger partial charge in [-0.05, 0) is 36.3 Å². The van der Waals surface area contributed by atoms with Gasteiger partial charge in [-0.25, -0.2) is 0 Å². The molecular formula is C6H16BrP. The van der Waals surface area contributed by atoms with Gasteiger partial charge in [0.05, 0.1) is 11.3 Å². The minimum atomic E-state index is 0. The number of halogens is 1. The molecule has 0 saturated heterocycles. The maximum atomic E-state index is 2.30. The first-order valence-electron chi connectivity index (χ1n) is 2.98. The topological polar surface area (TPSA) is 0 Å². The molecule has 0 aliphatic rings. The van der Waals surface area contributed by atoms with E-state index in [0.29, 0.717) is 8.58 Å². The summed E-state index contributed by atoms with van der Waals surface area (Å²) in [5.74, 6) is 0. The molecule has 0 aromatic carbocycles. The van der Waals surface area contributed by atoms with Crippen molar-refractivity contribution in [2.24, 2.45) is 0 Å². The fraction of sp³-hybridized carbons (Fsp3) is 1.00. The Balaban J connectivity index is 0. The van der Waals surface area contributed by atoms with E-state index in [4.69, 9.17) is 0 Å². The standard InChI is InChI=1S/C6H15P.BrH/c1-5(2)7-6(3)4;/h5-7H,1-4H3;1H. The molecule has 0 spiro atoms. The van der Waals surface area contributed by atoms with E-state index in [9.17, 15) is 0 Å². The predicted molar refractivity (Wildman–Crippen MR) is 40.0 cm³/mol. The molecule has 0 aromatic rings. The van der Waals surface area contributed by atoms with Crippen LogP contribution in [0.25, 0.3) is 0 Å². The summed E-state index contributed by atoms with van der Waals surface area (Å²) in [7, 11) is 0.713. The number of rotatable bonds is 2. The molecule has 0 aliphatic carbocycles. The first-order chi connectivity index (χ1) is 3.13. The molecule has 0 atom stereocenters. The van der Waals surface area contributed by atoms with E-state index in [1.807, 2.05) is 0 Å². The van der Waals surface area contributed by atoms with Crippen LogP contribution in [0.5, 0.6) is 0 Å². The Morgan fingerprint density at radius 1 is 0.875 bits per heavy atom. The second-order valence-corrected chi connectivity index (χ2v) is 5.73. The molecule has 0 unspecified atom stereocenters. The summed E-state index contributed by atoms with van der Waals surface area (Å²) in [6.45, 7) is 9.20. The van der Waals surface area contributed by atoms with Crippen LogP contribution in [0, 0.1) is 0 Å². The lowest BCUT2D eigenvalue weighted by atomic mass is 10.5. The Morgan fingerprint density at radius 2 is 1.12 bits per heavy atom. The zero-order chi connectivity index (χ0) is 5.86. The van der Waals surface area contributed by atoms with Gasteiger partial charge in [-0.1, -0.05) is 0 Å². The van der Waals surface area contributed by atoms with Gasteiger partial charge in [0.2, 0.25) is 0 Å². The van der Waals surface area contributed by atoms with Gasteiger partial charge in [0.15, 0.2) is 0 Å². The van der Waals surface area contributed by atoms with Gasteiger partial charge in [0, 0.05) is 0 Å². The molecule has 8 heavy (non-hydrogen) atoms. The van der Waals surface area contributed by atoms with E-state index in [1.165, 1.54) is 0 Å². The average Bonchev–Trinajstić information content (AvgIpc) is 1.27. The Labute approximate surface area is 65.0 Å². The third kappa shape index (κ3) is 10.0. The van der Waals surface area contributed by atoms with Crippen molar-refractivity contribution in [2.75, 3.05) is 0 Å². The van der Waals surface area contributed by atoms with Gasteiger partial charge < -0.3 is 17.0 Å². The normalized spacial score (nSPS) is 9.75. The van der Waals surface area contributed by atoms with Gasteiger partial charge in [0.1, 0.15) is 0 Å². The van der Waals surface area contributed by atoms with Crippen molar-refractivity contribution in [3.05, 3.63) is 0 Å². The Bertz CT molecular complexity index is 37.8. The Kier molecular flexibility index (Phi) is 8.81. The van der Waals surface area contributed by atoms with Crippen LogP contribution in [-0.4, -0.2) is 11.3 Å². The quantitative estimate of drug-likeness (QED) is 0.512. The largest absolute Gasteiger partial charge is 1.00 e. The van der Waals surface area contributed by atoms with E-state index >= 15 is 0 Å². The summed E-state index contributed by atoms with van der Waals surface area (Å²) in [6, 6.07) is 0. The molecule has 0 aromatic heterocycles. The molecule has 0 heterocycles. The van der Waals surface area contributed by atoms with Crippen LogP contribution in [0.15, 0.2) is 0 Å². The molecule has 0 bridgehead atoms. The second-order valence-electron chi connectivity index (χ2n) is 2.68. The van der Waals surface area contributed by atoms with Crippen molar-refractivity contribution >= 4 is 8.58 Å². The van der Waals surface area contributed by atoms with Crippen LogP contribution in [-0.2, 0) is 0 Å². The van der Waals surface area contributed by atoms with Crippen molar-refractivity contribution in [1.29, 1.82) is 0 Å². The molecular weight excluding hydrogens is 183 g/mol. The average molecular weight is 199 g/mol. The Hall–Kier alpha value is 0.910. The van der Waals surface area contributed by atoms with Crippen LogP contribution in [0.1, 0.15) is 27.7 Å². The first-order valence-corrected chi connectivity index (χ1v) is 4.31. The highest BCUT2D eigenvalue weighted by molar-refractivity contribution is 7.39. The molecule has 0 aliphatic heterocycles. The van der Waals surface area contributed by atoms with E-state index in [-0.39, 0.29) is 17.0 Å². The van der Waals surface area contributed by atoms with Gasteiger partial charge in [-0.15, -0.1) is 0 Å². The highest BCUT2D eigenvalue weighted by Gasteiger charge is 2.02. The zero-order valence-electron chi connectivity index (χ0n) is 6.11. The van der Waals surface area contributed by atoms with Crippen LogP contribution in [0.2, 0.25) is 0 Å².